The molecule has 0 aromatic carbocycles. The van der Waals surface area contributed by atoms with Crippen LogP contribution in [0, 0.1) is 17.8 Å². The molecule has 0 aliphatic carbocycles. The Hall–Kier alpha value is -0.880. The Morgan fingerprint density at radius 1 is 1.60 bits per heavy atom. The zero-order valence-corrected chi connectivity index (χ0v) is 9.80. The first-order valence-electron chi connectivity index (χ1n) is 5.32. The lowest BCUT2D eigenvalue weighted by Crippen LogP contribution is -2.37. The first-order chi connectivity index (χ1) is 6.84. The van der Waals surface area contributed by atoms with Crippen LogP contribution in [0.15, 0.2) is 0 Å². The van der Waals surface area contributed by atoms with Gasteiger partial charge in [-0.2, -0.15) is 0 Å². The van der Waals surface area contributed by atoms with Crippen molar-refractivity contribution in [3.8, 4) is 11.8 Å². The second kappa shape index (κ2) is 4.32. The summed E-state index contributed by atoms with van der Waals surface area (Å²) in [6, 6.07) is -0.123. The molecular formula is C12H18FNO. The van der Waals surface area contributed by atoms with Gasteiger partial charge in [0.2, 0.25) is 5.78 Å². The summed E-state index contributed by atoms with van der Waals surface area (Å²) >= 11 is 0. The summed E-state index contributed by atoms with van der Waals surface area (Å²) in [5.74, 6) is 4.03. The maximum absolute atomic E-state index is 13.7. The van der Waals surface area contributed by atoms with Gasteiger partial charge in [0.15, 0.2) is 5.79 Å². The normalized spacial score (nSPS) is 31.5. The average molecular weight is 211 g/mol. The van der Waals surface area contributed by atoms with E-state index in [0.717, 1.165) is 0 Å². The van der Waals surface area contributed by atoms with Crippen molar-refractivity contribution in [3.05, 3.63) is 0 Å². The van der Waals surface area contributed by atoms with Crippen LogP contribution < -0.4 is 0 Å². The summed E-state index contributed by atoms with van der Waals surface area (Å²) in [6.07, 6.45) is 1.18. The van der Waals surface area contributed by atoms with Gasteiger partial charge in [-0.1, -0.05) is 19.8 Å². The van der Waals surface area contributed by atoms with E-state index in [-0.39, 0.29) is 17.7 Å². The van der Waals surface area contributed by atoms with Gasteiger partial charge in [-0.05, 0) is 32.7 Å². The fraction of sp³-hybridized carbons (Fsp3) is 0.750. The first kappa shape index (κ1) is 12.2. The van der Waals surface area contributed by atoms with Crippen LogP contribution in [-0.4, -0.2) is 29.6 Å². The summed E-state index contributed by atoms with van der Waals surface area (Å²) in [4.78, 5) is 12.9. The van der Waals surface area contributed by atoms with Crippen molar-refractivity contribution in [1.82, 2.24) is 4.90 Å². The molecule has 2 unspecified atom stereocenters. The molecule has 0 aromatic rings. The topological polar surface area (TPSA) is 20.3 Å². The molecule has 0 saturated carbocycles. The van der Waals surface area contributed by atoms with Crippen molar-refractivity contribution in [2.45, 2.75) is 45.4 Å². The van der Waals surface area contributed by atoms with Crippen molar-refractivity contribution in [1.29, 1.82) is 0 Å². The largest absolute Gasteiger partial charge is 0.285 e. The summed E-state index contributed by atoms with van der Waals surface area (Å²) in [6.45, 7) is 5.18. The van der Waals surface area contributed by atoms with Gasteiger partial charge in [0, 0.05) is 5.92 Å². The first-order valence-corrected chi connectivity index (χ1v) is 5.32. The van der Waals surface area contributed by atoms with E-state index in [0.29, 0.717) is 12.8 Å². The zero-order chi connectivity index (χ0) is 11.6. The van der Waals surface area contributed by atoms with Gasteiger partial charge >= 0.3 is 0 Å². The standard InChI is InChI=1S/C12H18FNO/c1-9(2)11(15)6-5-10-7-8-12(3,13)14(10)4/h9-10H,7-8H2,1-4H3. The minimum atomic E-state index is -1.28. The van der Waals surface area contributed by atoms with Crippen LogP contribution in [0.4, 0.5) is 4.39 Å². The maximum atomic E-state index is 13.7. The van der Waals surface area contributed by atoms with Crippen molar-refractivity contribution < 1.29 is 9.18 Å². The molecule has 15 heavy (non-hydrogen) atoms. The molecule has 1 fully saturated rings. The second-order valence-corrected chi connectivity index (χ2v) is 4.60. The maximum Gasteiger partial charge on any atom is 0.208 e. The molecule has 2 atom stereocenters. The molecule has 0 bridgehead atoms. The van der Waals surface area contributed by atoms with Crippen molar-refractivity contribution >= 4 is 5.78 Å². The fourth-order valence-electron chi connectivity index (χ4n) is 1.56. The lowest BCUT2D eigenvalue weighted by molar-refractivity contribution is -0.116. The highest BCUT2D eigenvalue weighted by Crippen LogP contribution is 2.32. The average Bonchev–Trinajstić information content (AvgIpc) is 2.39. The van der Waals surface area contributed by atoms with Crippen molar-refractivity contribution in [2.75, 3.05) is 7.05 Å². The fourth-order valence-corrected chi connectivity index (χ4v) is 1.56. The minimum Gasteiger partial charge on any atom is -0.285 e. The number of Topliss-reactive ketones (excluding diaryl/α,β-unsaturated/α-hetero) is 1. The number of carbonyl (C=O) groups excluding carboxylic acids is 1. The summed E-state index contributed by atoms with van der Waals surface area (Å²) < 4.78 is 13.7. The Kier molecular flexibility index (Phi) is 3.51. The predicted molar refractivity (Wildman–Crippen MR) is 57.9 cm³/mol. The van der Waals surface area contributed by atoms with Crippen LogP contribution in [0.5, 0.6) is 0 Å². The van der Waals surface area contributed by atoms with Gasteiger partial charge in [-0.15, -0.1) is 0 Å². The Labute approximate surface area is 90.8 Å². The van der Waals surface area contributed by atoms with Crippen LogP contribution in [0.3, 0.4) is 0 Å². The molecule has 84 valence electrons. The smallest absolute Gasteiger partial charge is 0.208 e. The third-order valence-electron chi connectivity index (χ3n) is 2.96. The monoisotopic (exact) mass is 211 g/mol. The van der Waals surface area contributed by atoms with Crippen molar-refractivity contribution in [3.63, 3.8) is 0 Å². The molecule has 1 aliphatic rings. The van der Waals surface area contributed by atoms with Crippen LogP contribution in [-0.2, 0) is 4.79 Å². The van der Waals surface area contributed by atoms with Crippen LogP contribution >= 0.6 is 0 Å². The van der Waals surface area contributed by atoms with Gasteiger partial charge in [0.25, 0.3) is 0 Å². The number of carbonyl (C=O) groups is 1. The molecule has 0 N–H and O–H groups in total. The number of hydrogen-bond donors (Lipinski definition) is 0. The summed E-state index contributed by atoms with van der Waals surface area (Å²) in [5, 5.41) is 0. The van der Waals surface area contributed by atoms with Crippen LogP contribution in [0.2, 0.25) is 0 Å². The minimum absolute atomic E-state index is 0.0685. The number of halogens is 1. The Balaban J connectivity index is 2.65. The molecular weight excluding hydrogens is 193 g/mol. The Morgan fingerprint density at radius 2 is 2.20 bits per heavy atom. The van der Waals surface area contributed by atoms with E-state index in [2.05, 4.69) is 11.8 Å². The zero-order valence-electron chi connectivity index (χ0n) is 9.80. The van der Waals surface area contributed by atoms with Gasteiger partial charge in [-0.25, -0.2) is 4.39 Å². The lowest BCUT2D eigenvalue weighted by Gasteiger charge is -2.25. The van der Waals surface area contributed by atoms with E-state index in [1.165, 1.54) is 0 Å². The predicted octanol–water partition coefficient (Wildman–Crippen LogP) is 1.99. The van der Waals surface area contributed by atoms with Gasteiger partial charge in [0.05, 0.1) is 6.04 Å². The highest BCUT2D eigenvalue weighted by Gasteiger charge is 2.39. The van der Waals surface area contributed by atoms with Gasteiger partial charge in [-0.3, -0.25) is 9.69 Å². The van der Waals surface area contributed by atoms with Gasteiger partial charge < -0.3 is 0 Å². The molecule has 1 rings (SSSR count). The molecule has 1 aliphatic heterocycles. The second-order valence-electron chi connectivity index (χ2n) is 4.60. The molecule has 0 amide bonds. The number of likely N-dealkylation sites (tertiary alicyclic amines) is 1. The molecule has 0 radical (unpaired) electrons. The number of hydrogen-bond acceptors (Lipinski definition) is 2. The third kappa shape index (κ3) is 2.79. The van der Waals surface area contributed by atoms with E-state index in [1.807, 2.05) is 13.8 Å². The number of alkyl halides is 1. The van der Waals surface area contributed by atoms with E-state index in [9.17, 15) is 9.18 Å². The van der Waals surface area contributed by atoms with Gasteiger partial charge in [0.1, 0.15) is 0 Å². The van der Waals surface area contributed by atoms with Crippen LogP contribution in [0.1, 0.15) is 33.6 Å². The quantitative estimate of drug-likeness (QED) is 0.375. The highest BCUT2D eigenvalue weighted by atomic mass is 19.1. The highest BCUT2D eigenvalue weighted by molar-refractivity contribution is 5.96. The number of rotatable bonds is 1. The molecule has 2 nitrogen and oxygen atoms in total. The van der Waals surface area contributed by atoms with E-state index < -0.39 is 5.79 Å². The number of ketones is 1. The molecule has 1 saturated heterocycles. The van der Waals surface area contributed by atoms with Crippen molar-refractivity contribution in [2.24, 2.45) is 5.92 Å². The molecule has 0 aromatic heterocycles. The molecule has 3 heteroatoms. The number of nitrogens with zero attached hydrogens (tertiary/aromatic N) is 1. The Bertz CT molecular complexity index is 311. The van der Waals surface area contributed by atoms with E-state index in [4.69, 9.17) is 0 Å². The van der Waals surface area contributed by atoms with E-state index in [1.54, 1.807) is 18.9 Å². The SMILES string of the molecule is CC(C)C(=O)C#CC1CCC(C)(F)N1C. The molecule has 0 spiro atoms. The van der Waals surface area contributed by atoms with Crippen LogP contribution in [0.25, 0.3) is 0 Å². The lowest BCUT2D eigenvalue weighted by atomic mass is 10.1. The summed E-state index contributed by atoms with van der Waals surface area (Å²) in [7, 11) is 1.71. The molecule has 1 heterocycles. The summed E-state index contributed by atoms with van der Waals surface area (Å²) in [5.41, 5.74) is 0. The Morgan fingerprint density at radius 3 is 2.60 bits per heavy atom. The van der Waals surface area contributed by atoms with E-state index >= 15 is 0 Å². The third-order valence-corrected chi connectivity index (χ3v) is 2.96.